The minimum absolute atomic E-state index is 0.0664. The molecule has 2 rings (SSSR count). The van der Waals surface area contributed by atoms with Crippen molar-refractivity contribution >= 4 is 23.2 Å². The number of pyridine rings is 1. The second-order valence-electron chi connectivity index (χ2n) is 4.84. The lowest BCUT2D eigenvalue weighted by Crippen LogP contribution is -2.22. The number of benzene rings is 1. The Morgan fingerprint density at radius 2 is 2.05 bits per heavy atom. The lowest BCUT2D eigenvalue weighted by atomic mass is 10.0. The van der Waals surface area contributed by atoms with E-state index in [9.17, 15) is 0 Å². The number of hydrogen-bond acceptors (Lipinski definition) is 3. The van der Waals surface area contributed by atoms with Crippen molar-refractivity contribution in [3.8, 4) is 5.75 Å². The van der Waals surface area contributed by atoms with Gasteiger partial charge in [0, 0.05) is 34.6 Å². The Balaban J connectivity index is 2.16. The highest BCUT2D eigenvalue weighted by Gasteiger charge is 2.12. The van der Waals surface area contributed by atoms with Crippen molar-refractivity contribution in [3.63, 3.8) is 0 Å². The molecule has 0 aliphatic heterocycles. The van der Waals surface area contributed by atoms with Crippen LogP contribution in [0.2, 0.25) is 10.0 Å². The van der Waals surface area contributed by atoms with Crippen LogP contribution >= 0.6 is 23.2 Å². The van der Waals surface area contributed by atoms with Gasteiger partial charge in [-0.05, 0) is 31.0 Å². The Morgan fingerprint density at radius 1 is 1.24 bits per heavy atom. The summed E-state index contributed by atoms with van der Waals surface area (Å²) < 4.78 is 5.88. The van der Waals surface area contributed by atoms with Crippen LogP contribution in [0, 0.1) is 0 Å². The van der Waals surface area contributed by atoms with Gasteiger partial charge in [-0.1, -0.05) is 36.2 Å². The third kappa shape index (κ3) is 4.34. The van der Waals surface area contributed by atoms with E-state index in [4.69, 9.17) is 33.7 Å². The molecule has 0 spiro atoms. The predicted molar refractivity (Wildman–Crippen MR) is 87.0 cm³/mol. The van der Waals surface area contributed by atoms with E-state index in [-0.39, 0.29) is 6.04 Å². The molecule has 0 fully saturated rings. The van der Waals surface area contributed by atoms with E-state index in [0.29, 0.717) is 23.1 Å². The fraction of sp³-hybridized carbons (Fsp3) is 0.312. The van der Waals surface area contributed by atoms with E-state index < -0.39 is 0 Å². The standard InChI is InChI=1S/C16H18Cl2N2O/c1-2-12(19)8-13-14(17)4-3-5-16(13)21-10-11-6-7-20-9-15(11)18/h3-7,9,12H,2,8,10,19H2,1H3. The lowest BCUT2D eigenvalue weighted by molar-refractivity contribution is 0.302. The summed E-state index contributed by atoms with van der Waals surface area (Å²) in [5.74, 6) is 0.749. The van der Waals surface area contributed by atoms with E-state index in [1.165, 1.54) is 0 Å². The third-order valence-electron chi connectivity index (χ3n) is 3.31. The molecule has 5 heteroatoms. The van der Waals surface area contributed by atoms with Crippen molar-refractivity contribution in [1.82, 2.24) is 4.98 Å². The highest BCUT2D eigenvalue weighted by Crippen LogP contribution is 2.29. The summed E-state index contributed by atoms with van der Waals surface area (Å²) in [5, 5.41) is 1.27. The van der Waals surface area contributed by atoms with E-state index in [1.807, 2.05) is 24.3 Å². The van der Waals surface area contributed by atoms with E-state index in [2.05, 4.69) is 11.9 Å². The minimum Gasteiger partial charge on any atom is -0.489 e. The lowest BCUT2D eigenvalue weighted by Gasteiger charge is -2.16. The van der Waals surface area contributed by atoms with Crippen molar-refractivity contribution in [2.45, 2.75) is 32.4 Å². The maximum atomic E-state index is 6.27. The molecule has 21 heavy (non-hydrogen) atoms. The van der Waals surface area contributed by atoms with Crippen LogP contribution < -0.4 is 10.5 Å². The Hall–Kier alpha value is -1.29. The van der Waals surface area contributed by atoms with Gasteiger partial charge in [0.1, 0.15) is 12.4 Å². The van der Waals surface area contributed by atoms with Crippen LogP contribution in [0.25, 0.3) is 0 Å². The largest absolute Gasteiger partial charge is 0.489 e. The summed E-state index contributed by atoms with van der Waals surface area (Å²) >= 11 is 12.4. The average Bonchev–Trinajstić information content (AvgIpc) is 2.49. The molecular formula is C16H18Cl2N2O. The molecule has 0 saturated carbocycles. The molecule has 2 N–H and O–H groups in total. The monoisotopic (exact) mass is 324 g/mol. The summed E-state index contributed by atoms with van der Waals surface area (Å²) in [6.45, 7) is 2.43. The molecule has 0 aliphatic carbocycles. The number of aromatic nitrogens is 1. The Morgan fingerprint density at radius 3 is 2.76 bits per heavy atom. The fourth-order valence-corrected chi connectivity index (χ4v) is 2.37. The second kappa shape index (κ2) is 7.64. The van der Waals surface area contributed by atoms with Crippen LogP contribution in [0.4, 0.5) is 0 Å². The zero-order valence-corrected chi connectivity index (χ0v) is 13.4. The van der Waals surface area contributed by atoms with Crippen molar-refractivity contribution in [3.05, 3.63) is 57.8 Å². The molecular weight excluding hydrogens is 307 g/mol. The van der Waals surface area contributed by atoms with Crippen molar-refractivity contribution in [2.24, 2.45) is 5.73 Å². The minimum atomic E-state index is 0.0664. The van der Waals surface area contributed by atoms with Crippen LogP contribution in [0.3, 0.4) is 0 Å². The molecule has 1 heterocycles. The Labute approximate surface area is 135 Å². The molecule has 0 aliphatic rings. The summed E-state index contributed by atoms with van der Waals surface area (Å²) in [4.78, 5) is 3.96. The first-order valence-corrected chi connectivity index (χ1v) is 7.61. The molecule has 1 aromatic carbocycles. The molecule has 1 aromatic heterocycles. The van der Waals surface area contributed by atoms with Gasteiger partial charge < -0.3 is 10.5 Å². The molecule has 1 unspecified atom stereocenters. The summed E-state index contributed by atoms with van der Waals surface area (Å²) in [6, 6.07) is 7.53. The van der Waals surface area contributed by atoms with Gasteiger partial charge in [-0.2, -0.15) is 0 Å². The number of nitrogens with two attached hydrogens (primary N) is 1. The smallest absolute Gasteiger partial charge is 0.124 e. The van der Waals surface area contributed by atoms with Crippen LogP contribution in [0.15, 0.2) is 36.7 Å². The molecule has 1 atom stereocenters. The van der Waals surface area contributed by atoms with Gasteiger partial charge in [0.2, 0.25) is 0 Å². The predicted octanol–water partition coefficient (Wildman–Crippen LogP) is 4.25. The van der Waals surface area contributed by atoms with Crippen LogP contribution in [0.5, 0.6) is 5.75 Å². The van der Waals surface area contributed by atoms with Gasteiger partial charge in [0.25, 0.3) is 0 Å². The maximum Gasteiger partial charge on any atom is 0.124 e. The average molecular weight is 325 g/mol. The van der Waals surface area contributed by atoms with Crippen LogP contribution in [-0.2, 0) is 13.0 Å². The summed E-state index contributed by atoms with van der Waals surface area (Å²) in [6.07, 6.45) is 4.87. The van der Waals surface area contributed by atoms with Crippen LogP contribution in [-0.4, -0.2) is 11.0 Å². The summed E-state index contributed by atoms with van der Waals surface area (Å²) in [5.41, 5.74) is 7.86. The van der Waals surface area contributed by atoms with E-state index in [1.54, 1.807) is 12.4 Å². The van der Waals surface area contributed by atoms with Gasteiger partial charge in [-0.25, -0.2) is 0 Å². The molecule has 0 saturated heterocycles. The topological polar surface area (TPSA) is 48.1 Å². The Kier molecular flexibility index (Phi) is 5.85. The molecule has 0 amide bonds. The van der Waals surface area contributed by atoms with Crippen molar-refractivity contribution in [2.75, 3.05) is 0 Å². The SMILES string of the molecule is CCC(N)Cc1c(Cl)cccc1OCc1ccncc1Cl. The normalized spacial score (nSPS) is 12.2. The number of ether oxygens (including phenoxy) is 1. The zero-order chi connectivity index (χ0) is 15.2. The van der Waals surface area contributed by atoms with Crippen molar-refractivity contribution < 1.29 is 4.74 Å². The van der Waals surface area contributed by atoms with E-state index in [0.717, 1.165) is 23.3 Å². The van der Waals surface area contributed by atoms with Gasteiger partial charge >= 0.3 is 0 Å². The first kappa shape index (κ1) is 16.1. The van der Waals surface area contributed by atoms with Crippen molar-refractivity contribution in [1.29, 1.82) is 0 Å². The maximum absolute atomic E-state index is 6.27. The van der Waals surface area contributed by atoms with Crippen LogP contribution in [0.1, 0.15) is 24.5 Å². The first-order valence-electron chi connectivity index (χ1n) is 6.86. The highest BCUT2D eigenvalue weighted by atomic mass is 35.5. The molecule has 2 aromatic rings. The van der Waals surface area contributed by atoms with Gasteiger partial charge in [0.15, 0.2) is 0 Å². The molecule has 112 valence electrons. The Bertz CT molecular complexity index is 605. The van der Waals surface area contributed by atoms with Gasteiger partial charge in [-0.3, -0.25) is 4.98 Å². The number of nitrogens with zero attached hydrogens (tertiary/aromatic N) is 1. The molecule has 3 nitrogen and oxygen atoms in total. The first-order chi connectivity index (χ1) is 10.1. The number of rotatable bonds is 6. The van der Waals surface area contributed by atoms with Gasteiger partial charge in [0.05, 0.1) is 5.02 Å². The fourth-order valence-electron chi connectivity index (χ4n) is 1.96. The number of halogens is 2. The third-order valence-corrected chi connectivity index (χ3v) is 4.00. The quantitative estimate of drug-likeness (QED) is 0.864. The number of hydrogen-bond donors (Lipinski definition) is 1. The second-order valence-corrected chi connectivity index (χ2v) is 5.66. The van der Waals surface area contributed by atoms with E-state index >= 15 is 0 Å². The zero-order valence-electron chi connectivity index (χ0n) is 11.9. The summed E-state index contributed by atoms with van der Waals surface area (Å²) in [7, 11) is 0. The molecule has 0 bridgehead atoms. The van der Waals surface area contributed by atoms with Gasteiger partial charge in [-0.15, -0.1) is 0 Å². The molecule has 0 radical (unpaired) electrons. The highest BCUT2D eigenvalue weighted by molar-refractivity contribution is 6.31.